The van der Waals surface area contributed by atoms with Crippen molar-refractivity contribution >= 4 is 5.84 Å². The minimum atomic E-state index is 0.587. The van der Waals surface area contributed by atoms with Gasteiger partial charge in [-0.1, -0.05) is 30.3 Å². The van der Waals surface area contributed by atoms with E-state index in [0.29, 0.717) is 12.4 Å². The summed E-state index contributed by atoms with van der Waals surface area (Å²) in [5.74, 6) is 1.58. The van der Waals surface area contributed by atoms with E-state index in [1.807, 2.05) is 25.1 Å². The van der Waals surface area contributed by atoms with E-state index < -0.39 is 0 Å². The van der Waals surface area contributed by atoms with E-state index in [4.69, 9.17) is 10.5 Å². The van der Waals surface area contributed by atoms with Crippen LogP contribution in [-0.4, -0.2) is 12.4 Å². The van der Waals surface area contributed by atoms with E-state index in [1.54, 1.807) is 0 Å². The smallest absolute Gasteiger partial charge is 0.125 e. The van der Waals surface area contributed by atoms with Crippen LogP contribution in [-0.2, 0) is 13.0 Å². The van der Waals surface area contributed by atoms with Crippen LogP contribution in [0.15, 0.2) is 47.5 Å². The zero-order valence-electron chi connectivity index (χ0n) is 11.6. The first-order valence-corrected chi connectivity index (χ1v) is 6.84. The van der Waals surface area contributed by atoms with E-state index in [-0.39, 0.29) is 0 Å². The van der Waals surface area contributed by atoms with E-state index in [1.165, 1.54) is 11.1 Å². The predicted molar refractivity (Wildman–Crippen MR) is 81.2 cm³/mol. The van der Waals surface area contributed by atoms with Crippen molar-refractivity contribution in [1.29, 1.82) is 0 Å². The van der Waals surface area contributed by atoms with Gasteiger partial charge in [-0.05, 0) is 42.2 Å². The van der Waals surface area contributed by atoms with Crippen molar-refractivity contribution < 1.29 is 4.74 Å². The summed E-state index contributed by atoms with van der Waals surface area (Å²) in [6, 6.07) is 14.4. The lowest BCUT2D eigenvalue weighted by Gasteiger charge is -2.17. The molecule has 0 radical (unpaired) electrons. The maximum Gasteiger partial charge on any atom is 0.125 e. The SMILES string of the molecule is Cc1cc2c(cc1OCc1ccccc1)CCN=C2N. The summed E-state index contributed by atoms with van der Waals surface area (Å²) in [4.78, 5) is 4.29. The predicted octanol–water partition coefficient (Wildman–Crippen LogP) is 2.84. The highest BCUT2D eigenvalue weighted by Crippen LogP contribution is 2.26. The van der Waals surface area contributed by atoms with Crippen molar-refractivity contribution in [3.05, 3.63) is 64.7 Å². The maximum absolute atomic E-state index is 5.94. The fourth-order valence-electron chi connectivity index (χ4n) is 2.45. The molecule has 0 amide bonds. The largest absolute Gasteiger partial charge is 0.489 e. The molecule has 0 saturated carbocycles. The van der Waals surface area contributed by atoms with Crippen LogP contribution >= 0.6 is 0 Å². The summed E-state index contributed by atoms with van der Waals surface area (Å²) in [6.07, 6.45) is 0.929. The standard InChI is InChI=1S/C17H18N2O/c1-12-9-15-14(7-8-19-17(15)18)10-16(12)20-11-13-5-3-2-4-6-13/h2-6,9-10H,7-8,11H2,1H3,(H2,18,19). The van der Waals surface area contributed by atoms with Gasteiger partial charge in [0, 0.05) is 12.1 Å². The first-order chi connectivity index (χ1) is 9.74. The molecule has 20 heavy (non-hydrogen) atoms. The number of hydrogen-bond donors (Lipinski definition) is 1. The molecule has 1 heterocycles. The zero-order chi connectivity index (χ0) is 13.9. The summed E-state index contributed by atoms with van der Waals surface area (Å²) < 4.78 is 5.94. The molecule has 1 aliphatic heterocycles. The molecule has 1 aliphatic rings. The lowest BCUT2D eigenvalue weighted by atomic mass is 9.98. The molecule has 0 spiro atoms. The van der Waals surface area contributed by atoms with Crippen molar-refractivity contribution in [2.45, 2.75) is 20.0 Å². The molecular weight excluding hydrogens is 248 g/mol. The summed E-state index contributed by atoms with van der Waals surface area (Å²) in [5, 5.41) is 0. The molecule has 2 aromatic rings. The summed E-state index contributed by atoms with van der Waals surface area (Å²) >= 11 is 0. The van der Waals surface area contributed by atoms with E-state index in [9.17, 15) is 0 Å². The van der Waals surface area contributed by atoms with Crippen molar-refractivity contribution in [2.24, 2.45) is 10.7 Å². The van der Waals surface area contributed by atoms with Gasteiger partial charge in [0.1, 0.15) is 18.2 Å². The fourth-order valence-corrected chi connectivity index (χ4v) is 2.45. The second-order valence-corrected chi connectivity index (χ2v) is 5.07. The molecule has 0 bridgehead atoms. The number of fused-ring (bicyclic) bond motifs is 1. The quantitative estimate of drug-likeness (QED) is 0.928. The van der Waals surface area contributed by atoms with Crippen LogP contribution in [0.4, 0.5) is 0 Å². The molecule has 0 aromatic heterocycles. The Morgan fingerprint density at radius 3 is 2.80 bits per heavy atom. The number of amidine groups is 1. The highest BCUT2D eigenvalue weighted by molar-refractivity contribution is 6.00. The minimum Gasteiger partial charge on any atom is -0.489 e. The first-order valence-electron chi connectivity index (χ1n) is 6.84. The highest BCUT2D eigenvalue weighted by Gasteiger charge is 2.14. The lowest BCUT2D eigenvalue weighted by Crippen LogP contribution is -2.21. The molecule has 3 nitrogen and oxygen atoms in total. The number of nitrogens with zero attached hydrogens (tertiary/aromatic N) is 1. The number of benzene rings is 2. The topological polar surface area (TPSA) is 47.6 Å². The molecule has 0 fully saturated rings. The fraction of sp³-hybridized carbons (Fsp3) is 0.235. The number of rotatable bonds is 3. The molecule has 102 valence electrons. The Bertz CT molecular complexity index is 648. The Balaban J connectivity index is 1.82. The average Bonchev–Trinajstić information content (AvgIpc) is 2.47. The summed E-state index contributed by atoms with van der Waals surface area (Å²) in [7, 11) is 0. The van der Waals surface area contributed by atoms with Gasteiger partial charge in [0.25, 0.3) is 0 Å². The monoisotopic (exact) mass is 266 g/mol. The molecule has 0 unspecified atom stereocenters. The molecular formula is C17H18N2O. The number of aliphatic imine (C=N–C) groups is 1. The van der Waals surface area contributed by atoms with Crippen LogP contribution in [0.2, 0.25) is 0 Å². The Hall–Kier alpha value is -2.29. The van der Waals surface area contributed by atoms with Crippen molar-refractivity contribution in [3.8, 4) is 5.75 Å². The number of ether oxygens (including phenoxy) is 1. The zero-order valence-corrected chi connectivity index (χ0v) is 11.6. The van der Waals surface area contributed by atoms with Crippen LogP contribution < -0.4 is 10.5 Å². The molecule has 3 heteroatoms. The molecule has 2 aromatic carbocycles. The van der Waals surface area contributed by atoms with Crippen LogP contribution in [0, 0.1) is 6.92 Å². The maximum atomic E-state index is 5.94. The van der Waals surface area contributed by atoms with Crippen LogP contribution in [0.3, 0.4) is 0 Å². The summed E-state index contributed by atoms with van der Waals surface area (Å²) in [6.45, 7) is 3.40. The Morgan fingerprint density at radius 1 is 1.20 bits per heavy atom. The van der Waals surface area contributed by atoms with Gasteiger partial charge in [-0.2, -0.15) is 0 Å². The molecule has 0 saturated heterocycles. The highest BCUT2D eigenvalue weighted by atomic mass is 16.5. The van der Waals surface area contributed by atoms with Gasteiger partial charge in [-0.25, -0.2) is 0 Å². The van der Waals surface area contributed by atoms with E-state index in [2.05, 4.69) is 29.3 Å². The van der Waals surface area contributed by atoms with Gasteiger partial charge in [-0.15, -0.1) is 0 Å². The normalized spacial score (nSPS) is 13.6. The van der Waals surface area contributed by atoms with E-state index in [0.717, 1.165) is 29.8 Å². The lowest BCUT2D eigenvalue weighted by molar-refractivity contribution is 0.304. The third-order valence-corrected chi connectivity index (χ3v) is 3.58. The van der Waals surface area contributed by atoms with Crippen molar-refractivity contribution in [3.63, 3.8) is 0 Å². The molecule has 0 atom stereocenters. The van der Waals surface area contributed by atoms with Crippen LogP contribution in [0.5, 0.6) is 5.75 Å². The van der Waals surface area contributed by atoms with Gasteiger partial charge in [0.05, 0.1) is 0 Å². The number of aryl methyl sites for hydroxylation is 1. The molecule has 2 N–H and O–H groups in total. The minimum absolute atomic E-state index is 0.587. The third-order valence-electron chi connectivity index (χ3n) is 3.58. The third kappa shape index (κ3) is 2.52. The Labute approximate surface area is 119 Å². The van der Waals surface area contributed by atoms with Crippen molar-refractivity contribution in [1.82, 2.24) is 0 Å². The van der Waals surface area contributed by atoms with Gasteiger partial charge in [0.15, 0.2) is 0 Å². The number of hydrogen-bond acceptors (Lipinski definition) is 3. The van der Waals surface area contributed by atoms with Crippen LogP contribution in [0.1, 0.15) is 22.3 Å². The van der Waals surface area contributed by atoms with Crippen molar-refractivity contribution in [2.75, 3.05) is 6.54 Å². The molecule has 3 rings (SSSR count). The summed E-state index contributed by atoms with van der Waals surface area (Å²) in [5.41, 5.74) is 10.5. The second-order valence-electron chi connectivity index (χ2n) is 5.07. The second kappa shape index (κ2) is 5.37. The first kappa shape index (κ1) is 12.7. The van der Waals surface area contributed by atoms with Gasteiger partial charge < -0.3 is 10.5 Å². The molecule has 0 aliphatic carbocycles. The van der Waals surface area contributed by atoms with Gasteiger partial charge in [0.2, 0.25) is 0 Å². The van der Waals surface area contributed by atoms with Crippen LogP contribution in [0.25, 0.3) is 0 Å². The van der Waals surface area contributed by atoms with Gasteiger partial charge >= 0.3 is 0 Å². The Morgan fingerprint density at radius 2 is 2.00 bits per heavy atom. The van der Waals surface area contributed by atoms with Gasteiger partial charge in [-0.3, -0.25) is 4.99 Å². The van der Waals surface area contributed by atoms with E-state index >= 15 is 0 Å². The number of nitrogens with two attached hydrogens (primary N) is 1. The average molecular weight is 266 g/mol. The Kier molecular flexibility index (Phi) is 3.42.